The summed E-state index contributed by atoms with van der Waals surface area (Å²) in [5.41, 5.74) is 0.108. The predicted molar refractivity (Wildman–Crippen MR) is 101 cm³/mol. The molecule has 8 nitrogen and oxygen atoms in total. The Morgan fingerprint density at radius 1 is 1.22 bits per heavy atom. The van der Waals surface area contributed by atoms with Crippen LogP contribution in [0.5, 0.6) is 0 Å². The lowest BCUT2D eigenvalue weighted by Gasteiger charge is -2.34. The molecule has 0 spiro atoms. The molecule has 2 unspecified atom stereocenters. The molecule has 150 valence electrons. The van der Waals surface area contributed by atoms with Crippen molar-refractivity contribution in [3.63, 3.8) is 0 Å². The fourth-order valence-electron chi connectivity index (χ4n) is 2.83. The second-order valence-electron chi connectivity index (χ2n) is 6.36. The molecule has 1 fully saturated rings. The molecule has 1 aromatic carbocycles. The van der Waals surface area contributed by atoms with Crippen molar-refractivity contribution in [2.24, 2.45) is 0 Å². The topological polar surface area (TPSA) is 105 Å². The van der Waals surface area contributed by atoms with Crippen LogP contribution in [0.1, 0.15) is 31.1 Å². The van der Waals surface area contributed by atoms with Gasteiger partial charge in [0.15, 0.2) is 0 Å². The van der Waals surface area contributed by atoms with Gasteiger partial charge >= 0.3 is 0 Å². The van der Waals surface area contributed by atoms with Crippen LogP contribution < -0.4 is 10.6 Å². The number of morpholine rings is 1. The fourth-order valence-corrected chi connectivity index (χ4v) is 4.92. The molecular formula is C17H24ClN3O5S. The third-order valence-electron chi connectivity index (χ3n) is 3.98. The van der Waals surface area contributed by atoms with Crippen LogP contribution in [0, 0.1) is 0 Å². The van der Waals surface area contributed by atoms with Gasteiger partial charge in [-0.1, -0.05) is 11.6 Å². The average molecular weight is 418 g/mol. The molecule has 1 saturated heterocycles. The normalized spacial score (nSPS) is 20.9. The molecule has 27 heavy (non-hydrogen) atoms. The van der Waals surface area contributed by atoms with Gasteiger partial charge in [-0.05, 0) is 39.0 Å². The van der Waals surface area contributed by atoms with E-state index in [2.05, 4.69) is 10.6 Å². The van der Waals surface area contributed by atoms with Crippen LogP contribution in [0.15, 0.2) is 23.1 Å². The van der Waals surface area contributed by atoms with E-state index in [1.54, 1.807) is 20.8 Å². The molecule has 2 amide bonds. The molecular weight excluding hydrogens is 394 g/mol. The number of amides is 2. The first-order valence-corrected chi connectivity index (χ1v) is 10.5. The summed E-state index contributed by atoms with van der Waals surface area (Å²) in [6.07, 6.45) is -0.489. The highest BCUT2D eigenvalue weighted by molar-refractivity contribution is 7.89. The van der Waals surface area contributed by atoms with Crippen molar-refractivity contribution in [1.29, 1.82) is 0 Å². The Morgan fingerprint density at radius 3 is 2.44 bits per heavy atom. The van der Waals surface area contributed by atoms with E-state index in [1.165, 1.54) is 22.5 Å². The van der Waals surface area contributed by atoms with Crippen LogP contribution in [-0.4, -0.2) is 62.9 Å². The van der Waals surface area contributed by atoms with Crippen molar-refractivity contribution in [3.05, 3.63) is 28.8 Å². The van der Waals surface area contributed by atoms with Crippen LogP contribution in [0.3, 0.4) is 0 Å². The van der Waals surface area contributed by atoms with Gasteiger partial charge in [-0.15, -0.1) is 0 Å². The third-order valence-corrected chi connectivity index (χ3v) is 6.29. The number of carbonyl (C=O) groups excluding carboxylic acids is 2. The van der Waals surface area contributed by atoms with Crippen LogP contribution in [0.4, 0.5) is 0 Å². The lowest BCUT2D eigenvalue weighted by atomic mass is 10.2. The minimum Gasteiger partial charge on any atom is -0.373 e. The first kappa shape index (κ1) is 21.6. The molecule has 0 saturated carbocycles. The number of nitrogens with one attached hydrogen (secondary N) is 2. The first-order chi connectivity index (χ1) is 12.6. The van der Waals surface area contributed by atoms with Gasteiger partial charge in [0, 0.05) is 25.2 Å². The summed E-state index contributed by atoms with van der Waals surface area (Å²) in [6, 6.07) is 4.01. The van der Waals surface area contributed by atoms with Gasteiger partial charge in [-0.2, -0.15) is 4.31 Å². The number of nitrogens with zero attached hydrogens (tertiary/aromatic N) is 1. The Kier molecular flexibility index (Phi) is 7.21. The molecule has 10 heteroatoms. The van der Waals surface area contributed by atoms with E-state index in [-0.39, 0.29) is 53.2 Å². The molecule has 1 heterocycles. The number of rotatable bonds is 6. The predicted octanol–water partition coefficient (Wildman–Crippen LogP) is 1.00. The highest BCUT2D eigenvalue weighted by Crippen LogP contribution is 2.28. The summed E-state index contributed by atoms with van der Waals surface area (Å²) in [7, 11) is -3.89. The van der Waals surface area contributed by atoms with Crippen molar-refractivity contribution < 1.29 is 22.7 Å². The highest BCUT2D eigenvalue weighted by Gasteiger charge is 2.33. The maximum Gasteiger partial charge on any atom is 0.251 e. The Morgan fingerprint density at radius 2 is 1.85 bits per heavy atom. The Bertz CT molecular complexity index is 805. The Balaban J connectivity index is 2.23. The van der Waals surface area contributed by atoms with Gasteiger partial charge in [-0.25, -0.2) is 8.42 Å². The van der Waals surface area contributed by atoms with E-state index in [9.17, 15) is 18.0 Å². The summed E-state index contributed by atoms with van der Waals surface area (Å²) < 4.78 is 32.9. The molecule has 2 rings (SSSR count). The number of sulfonamides is 1. The summed E-state index contributed by atoms with van der Waals surface area (Å²) >= 11 is 6.11. The van der Waals surface area contributed by atoms with Crippen molar-refractivity contribution in [3.8, 4) is 0 Å². The van der Waals surface area contributed by atoms with Gasteiger partial charge in [0.1, 0.15) is 4.90 Å². The zero-order valence-corrected chi connectivity index (χ0v) is 17.1. The number of hydrogen-bond donors (Lipinski definition) is 2. The van der Waals surface area contributed by atoms with E-state index in [0.717, 1.165) is 0 Å². The molecule has 2 N–H and O–H groups in total. The average Bonchev–Trinajstić information content (AvgIpc) is 2.59. The van der Waals surface area contributed by atoms with Crippen LogP contribution in [0.25, 0.3) is 0 Å². The van der Waals surface area contributed by atoms with Crippen LogP contribution >= 0.6 is 11.6 Å². The van der Waals surface area contributed by atoms with E-state index >= 15 is 0 Å². The van der Waals surface area contributed by atoms with Crippen molar-refractivity contribution in [2.75, 3.05) is 26.2 Å². The zero-order chi connectivity index (χ0) is 20.2. The largest absolute Gasteiger partial charge is 0.373 e. The first-order valence-electron chi connectivity index (χ1n) is 8.65. The van der Waals surface area contributed by atoms with Crippen LogP contribution in [0.2, 0.25) is 5.02 Å². The number of ether oxygens (including phenoxy) is 1. The van der Waals surface area contributed by atoms with Gasteiger partial charge in [0.2, 0.25) is 15.9 Å². The molecule has 0 aliphatic carbocycles. The molecule has 2 atom stereocenters. The monoisotopic (exact) mass is 417 g/mol. The summed E-state index contributed by atoms with van der Waals surface area (Å²) in [6.45, 7) is 6.02. The quantitative estimate of drug-likeness (QED) is 0.718. The molecule has 1 aliphatic rings. The molecule has 0 bridgehead atoms. The van der Waals surface area contributed by atoms with Gasteiger partial charge in [0.05, 0.1) is 23.8 Å². The molecule has 1 aliphatic heterocycles. The fraction of sp³-hybridized carbons (Fsp3) is 0.529. The lowest BCUT2D eigenvalue weighted by Crippen LogP contribution is -2.48. The summed E-state index contributed by atoms with van der Waals surface area (Å²) in [5.74, 6) is -0.887. The SMILES string of the molecule is CCNC(=O)CNC(=O)c1ccc(Cl)c(S(=O)(=O)N2CC(C)OC(C)C2)c1. The van der Waals surface area contributed by atoms with Crippen molar-refractivity contribution in [2.45, 2.75) is 37.9 Å². The third kappa shape index (κ3) is 5.41. The smallest absolute Gasteiger partial charge is 0.251 e. The molecule has 0 aromatic heterocycles. The van der Waals surface area contributed by atoms with E-state index in [4.69, 9.17) is 16.3 Å². The van der Waals surface area contributed by atoms with Gasteiger partial charge < -0.3 is 15.4 Å². The van der Waals surface area contributed by atoms with Crippen LogP contribution in [-0.2, 0) is 19.6 Å². The van der Waals surface area contributed by atoms with Crippen molar-refractivity contribution in [1.82, 2.24) is 14.9 Å². The number of likely N-dealkylation sites (N-methyl/N-ethyl adjacent to an activating group) is 1. The van der Waals surface area contributed by atoms with Gasteiger partial charge in [0.25, 0.3) is 5.91 Å². The number of halogens is 1. The lowest BCUT2D eigenvalue weighted by molar-refractivity contribution is -0.120. The molecule has 0 radical (unpaired) electrons. The maximum absolute atomic E-state index is 13.0. The second-order valence-corrected chi connectivity index (χ2v) is 8.67. The Hall–Kier alpha value is -1.68. The summed E-state index contributed by atoms with van der Waals surface area (Å²) in [5, 5.41) is 5.04. The summed E-state index contributed by atoms with van der Waals surface area (Å²) in [4.78, 5) is 23.6. The van der Waals surface area contributed by atoms with Crippen molar-refractivity contribution >= 4 is 33.4 Å². The zero-order valence-electron chi connectivity index (χ0n) is 15.5. The minimum absolute atomic E-state index is 0.0297. The second kappa shape index (κ2) is 9.01. The Labute approximate surface area is 164 Å². The minimum atomic E-state index is -3.89. The highest BCUT2D eigenvalue weighted by atomic mass is 35.5. The molecule has 1 aromatic rings. The number of carbonyl (C=O) groups is 2. The standard InChI is InChI=1S/C17H24ClN3O5S/c1-4-19-16(22)8-20-17(23)13-5-6-14(18)15(7-13)27(24,25)21-9-11(2)26-12(3)10-21/h5-7,11-12H,4,8-10H2,1-3H3,(H,19,22)(H,20,23). The van der Waals surface area contributed by atoms with E-state index in [0.29, 0.717) is 6.54 Å². The van der Waals surface area contributed by atoms with E-state index in [1.807, 2.05) is 0 Å². The van der Waals surface area contributed by atoms with Gasteiger partial charge in [-0.3, -0.25) is 9.59 Å². The van der Waals surface area contributed by atoms with E-state index < -0.39 is 15.9 Å². The number of hydrogen-bond acceptors (Lipinski definition) is 5. The maximum atomic E-state index is 13.0. The number of benzene rings is 1.